The topological polar surface area (TPSA) is 161 Å². The molecular formula is C30H32FN9O4. The van der Waals surface area contributed by atoms with Crippen molar-refractivity contribution in [3.05, 3.63) is 66.1 Å². The van der Waals surface area contributed by atoms with Crippen molar-refractivity contribution < 1.29 is 23.8 Å². The molecule has 1 aliphatic rings. The molecule has 3 N–H and O–H groups in total. The number of nitrogens with zero attached hydrogens (tertiary/aromatic N) is 7. The van der Waals surface area contributed by atoms with Crippen LogP contribution in [0.25, 0.3) is 16.9 Å². The minimum atomic E-state index is -1.68. The molecule has 1 unspecified atom stereocenters. The summed E-state index contributed by atoms with van der Waals surface area (Å²) in [5, 5.41) is 29.3. The zero-order valence-electron chi connectivity index (χ0n) is 24.5. The first kappa shape index (κ1) is 30.2. The third-order valence-corrected chi connectivity index (χ3v) is 7.31. The number of carbonyl (C=O) groups excluding carboxylic acids is 2. The van der Waals surface area contributed by atoms with Crippen molar-refractivity contribution in [3.63, 3.8) is 0 Å². The molecule has 4 aromatic heterocycles. The number of hydrogen-bond donors (Lipinski definition) is 3. The summed E-state index contributed by atoms with van der Waals surface area (Å²) in [5.41, 5.74) is 1.75. The van der Waals surface area contributed by atoms with Crippen LogP contribution in [0.1, 0.15) is 29.8 Å². The molecule has 14 heteroatoms. The molecule has 0 saturated carbocycles. The van der Waals surface area contributed by atoms with Gasteiger partial charge in [-0.05, 0) is 50.2 Å². The fourth-order valence-electron chi connectivity index (χ4n) is 4.71. The Morgan fingerprint density at radius 1 is 1.11 bits per heavy atom. The van der Waals surface area contributed by atoms with Gasteiger partial charge in [-0.1, -0.05) is 0 Å². The Bertz CT molecular complexity index is 1700. The predicted molar refractivity (Wildman–Crippen MR) is 160 cm³/mol. The van der Waals surface area contributed by atoms with Crippen LogP contribution in [-0.4, -0.2) is 93.2 Å². The van der Waals surface area contributed by atoms with Gasteiger partial charge in [-0.2, -0.15) is 10.4 Å². The molecule has 228 valence electrons. The van der Waals surface area contributed by atoms with E-state index >= 15 is 0 Å². The van der Waals surface area contributed by atoms with Gasteiger partial charge in [0.15, 0.2) is 0 Å². The molecule has 44 heavy (non-hydrogen) atoms. The monoisotopic (exact) mass is 601 g/mol. The Labute approximate surface area is 252 Å². The van der Waals surface area contributed by atoms with E-state index in [-0.39, 0.29) is 11.7 Å². The summed E-state index contributed by atoms with van der Waals surface area (Å²) in [7, 11) is 1.36. The molecule has 0 aliphatic carbocycles. The first-order valence-corrected chi connectivity index (χ1v) is 13.9. The third-order valence-electron chi connectivity index (χ3n) is 7.31. The number of alkyl halides is 1. The van der Waals surface area contributed by atoms with Crippen molar-refractivity contribution in [1.82, 2.24) is 29.8 Å². The minimum Gasteiger partial charge on any atom is -0.453 e. The van der Waals surface area contributed by atoms with Crippen molar-refractivity contribution in [2.45, 2.75) is 25.6 Å². The van der Waals surface area contributed by atoms with Crippen LogP contribution < -0.4 is 15.5 Å². The van der Waals surface area contributed by atoms with Gasteiger partial charge in [0.1, 0.15) is 18.1 Å². The number of pyridine rings is 2. The van der Waals surface area contributed by atoms with Crippen LogP contribution in [0, 0.1) is 11.3 Å². The van der Waals surface area contributed by atoms with Gasteiger partial charge >= 0.3 is 6.09 Å². The molecule has 2 amide bonds. The van der Waals surface area contributed by atoms with Crippen LogP contribution in [0.15, 0.2) is 55.0 Å². The van der Waals surface area contributed by atoms with E-state index in [2.05, 4.69) is 36.7 Å². The number of rotatable bonds is 8. The van der Waals surface area contributed by atoms with Gasteiger partial charge in [-0.15, -0.1) is 0 Å². The van der Waals surface area contributed by atoms with Crippen LogP contribution in [0.3, 0.4) is 0 Å². The standard InChI is InChI=1S/C30H32FN9O4/c1-30(2,43)26(31)18-35-28(41)22-17-33-24(25-6-5-21-12-19(14-32)15-36-40(21)25)13-23(22)37-20-4-7-27(34-16-20)38-8-10-39(11-9-38)29(42)44-3/h4-7,12-13,15-17,26,43H,8-11,18H2,1-3H3,(H,33,37)(H,35,41). The summed E-state index contributed by atoms with van der Waals surface area (Å²) >= 11 is 0. The molecule has 1 aliphatic heterocycles. The number of anilines is 3. The van der Waals surface area contributed by atoms with Crippen molar-refractivity contribution in [2.75, 3.05) is 50.1 Å². The lowest BCUT2D eigenvalue weighted by atomic mass is 10.0. The van der Waals surface area contributed by atoms with Crippen LogP contribution >= 0.6 is 0 Å². The lowest BCUT2D eigenvalue weighted by Gasteiger charge is -2.34. The van der Waals surface area contributed by atoms with Crippen LogP contribution in [0.2, 0.25) is 0 Å². The fourth-order valence-corrected chi connectivity index (χ4v) is 4.71. The zero-order chi connectivity index (χ0) is 31.4. The van der Waals surface area contributed by atoms with E-state index in [0.29, 0.717) is 60.0 Å². The number of hydrogen-bond acceptors (Lipinski definition) is 10. The van der Waals surface area contributed by atoms with Crippen molar-refractivity contribution >= 4 is 34.7 Å². The van der Waals surface area contributed by atoms with E-state index in [1.165, 1.54) is 33.4 Å². The van der Waals surface area contributed by atoms with Crippen LogP contribution in [0.4, 0.5) is 26.4 Å². The van der Waals surface area contributed by atoms with Crippen molar-refractivity contribution in [3.8, 4) is 17.5 Å². The van der Waals surface area contributed by atoms with Gasteiger partial charge in [-0.25, -0.2) is 18.7 Å². The van der Waals surface area contributed by atoms with Gasteiger partial charge in [0.05, 0.1) is 71.1 Å². The molecule has 13 nitrogen and oxygen atoms in total. The molecule has 0 bridgehead atoms. The summed E-state index contributed by atoms with van der Waals surface area (Å²) in [6, 6.07) is 12.7. The highest BCUT2D eigenvalue weighted by molar-refractivity contribution is 6.00. The third kappa shape index (κ3) is 6.52. The second kappa shape index (κ2) is 12.5. The number of piperazine rings is 1. The van der Waals surface area contributed by atoms with E-state index in [1.807, 2.05) is 24.3 Å². The van der Waals surface area contributed by atoms with Gasteiger partial charge < -0.3 is 30.3 Å². The summed E-state index contributed by atoms with van der Waals surface area (Å²) in [5.74, 6) is 0.153. The maximum absolute atomic E-state index is 14.4. The Morgan fingerprint density at radius 3 is 2.55 bits per heavy atom. The van der Waals surface area contributed by atoms with E-state index in [4.69, 9.17) is 4.74 Å². The number of fused-ring (bicyclic) bond motifs is 1. The highest BCUT2D eigenvalue weighted by Gasteiger charge is 2.27. The van der Waals surface area contributed by atoms with Crippen molar-refractivity contribution in [2.24, 2.45) is 0 Å². The van der Waals surface area contributed by atoms with Crippen LogP contribution in [-0.2, 0) is 4.74 Å². The van der Waals surface area contributed by atoms with Gasteiger partial charge in [-0.3, -0.25) is 9.78 Å². The zero-order valence-corrected chi connectivity index (χ0v) is 24.5. The number of carbonyl (C=O) groups is 2. The highest BCUT2D eigenvalue weighted by Crippen LogP contribution is 2.28. The van der Waals surface area contributed by atoms with E-state index in [9.17, 15) is 24.3 Å². The maximum Gasteiger partial charge on any atom is 0.409 e. The number of aliphatic hydroxyl groups is 1. The number of amides is 2. The molecule has 0 aromatic carbocycles. The normalized spacial score (nSPS) is 14.2. The van der Waals surface area contributed by atoms with Crippen molar-refractivity contribution in [1.29, 1.82) is 5.26 Å². The second-order valence-electron chi connectivity index (χ2n) is 10.8. The van der Waals surface area contributed by atoms with Gasteiger partial charge in [0, 0.05) is 32.4 Å². The fraction of sp³-hybridized carbons (Fsp3) is 0.333. The van der Waals surface area contributed by atoms with E-state index in [1.54, 1.807) is 27.7 Å². The molecule has 1 atom stereocenters. The number of methoxy groups -OCH3 is 1. The van der Waals surface area contributed by atoms with Gasteiger partial charge in [0.25, 0.3) is 5.91 Å². The Balaban J connectivity index is 1.40. The van der Waals surface area contributed by atoms with E-state index in [0.717, 1.165) is 5.82 Å². The number of nitriles is 1. The molecule has 1 saturated heterocycles. The average Bonchev–Trinajstić information content (AvgIpc) is 3.46. The lowest BCUT2D eigenvalue weighted by Crippen LogP contribution is -2.49. The quantitative estimate of drug-likeness (QED) is 0.274. The Hall–Kier alpha value is -5.29. The van der Waals surface area contributed by atoms with Gasteiger partial charge in [0.2, 0.25) is 0 Å². The lowest BCUT2D eigenvalue weighted by molar-refractivity contribution is -0.00177. The number of ether oxygens (including phenoxy) is 1. The second-order valence-corrected chi connectivity index (χ2v) is 10.8. The molecule has 1 fully saturated rings. The molecule has 4 aromatic rings. The Kier molecular flexibility index (Phi) is 8.59. The number of aromatic nitrogens is 4. The first-order chi connectivity index (χ1) is 21.1. The summed E-state index contributed by atoms with van der Waals surface area (Å²) < 4.78 is 20.8. The SMILES string of the molecule is COC(=O)N1CCN(c2ccc(Nc3cc(-c4ccc5cc(C#N)cnn45)ncc3C(=O)NCC(F)C(C)(C)O)cn2)CC1. The number of halogens is 1. The molecule has 0 radical (unpaired) electrons. The van der Waals surface area contributed by atoms with E-state index < -0.39 is 24.2 Å². The smallest absolute Gasteiger partial charge is 0.409 e. The molecule has 5 rings (SSSR count). The minimum absolute atomic E-state index is 0.153. The maximum atomic E-state index is 14.4. The number of nitrogens with one attached hydrogen (secondary N) is 2. The summed E-state index contributed by atoms with van der Waals surface area (Å²) in [6.45, 7) is 4.50. The Morgan fingerprint density at radius 2 is 1.89 bits per heavy atom. The predicted octanol–water partition coefficient (Wildman–Crippen LogP) is 3.13. The summed E-state index contributed by atoms with van der Waals surface area (Å²) in [4.78, 5) is 37.7. The summed E-state index contributed by atoms with van der Waals surface area (Å²) in [6.07, 6.45) is 2.43. The highest BCUT2D eigenvalue weighted by atomic mass is 19.1. The average molecular weight is 602 g/mol. The molecular weight excluding hydrogens is 569 g/mol. The molecule has 0 spiro atoms. The molecule has 5 heterocycles. The largest absolute Gasteiger partial charge is 0.453 e. The first-order valence-electron chi connectivity index (χ1n) is 13.9. The van der Waals surface area contributed by atoms with Crippen LogP contribution in [0.5, 0.6) is 0 Å².